The van der Waals surface area contributed by atoms with Crippen LogP contribution in [0, 0.1) is 13.8 Å². The molecule has 0 bridgehead atoms. The van der Waals surface area contributed by atoms with Gasteiger partial charge in [0.15, 0.2) is 0 Å². The molecule has 0 unspecified atom stereocenters. The highest BCUT2D eigenvalue weighted by Gasteiger charge is 2.31. The zero-order chi connectivity index (χ0) is 15.9. The van der Waals surface area contributed by atoms with Crippen LogP contribution in [0.2, 0.25) is 0 Å². The molecule has 1 aliphatic heterocycles. The molecular weight excluding hydrogens is 280 g/mol. The van der Waals surface area contributed by atoms with Crippen LogP contribution in [0.3, 0.4) is 0 Å². The van der Waals surface area contributed by atoms with Gasteiger partial charge in [-0.2, -0.15) is 5.10 Å². The van der Waals surface area contributed by atoms with E-state index in [1.54, 1.807) is 7.11 Å². The van der Waals surface area contributed by atoms with E-state index >= 15 is 0 Å². The van der Waals surface area contributed by atoms with Crippen LogP contribution < -0.4 is 0 Å². The Labute approximate surface area is 130 Å². The first-order chi connectivity index (χ1) is 10.5. The number of nitrogens with zero attached hydrogens (tertiary/aromatic N) is 3. The average molecular weight is 302 g/mol. The summed E-state index contributed by atoms with van der Waals surface area (Å²) in [5.74, 6) is 0.238. The number of fused-ring (bicyclic) bond motifs is 1. The van der Waals surface area contributed by atoms with Crippen molar-refractivity contribution in [3.05, 3.63) is 40.5 Å². The molecule has 1 amide bonds. The van der Waals surface area contributed by atoms with Crippen molar-refractivity contribution in [1.82, 2.24) is 19.7 Å². The molecule has 0 fully saturated rings. The predicted octanol–water partition coefficient (Wildman–Crippen LogP) is 1.75. The van der Waals surface area contributed by atoms with Gasteiger partial charge in [0, 0.05) is 43.6 Å². The lowest BCUT2D eigenvalue weighted by Gasteiger charge is -2.32. The van der Waals surface area contributed by atoms with Gasteiger partial charge in [0.05, 0.1) is 30.6 Å². The smallest absolute Gasteiger partial charge is 0.256 e. The molecule has 1 aliphatic rings. The standard InChI is InChI=1S/C16H22N4O2/c1-10-5-13(11(2)18-10)16(21)20-7-12(9-22-4)14-6-17-19(3)15(14)8-20/h5-6,12,18H,7-9H2,1-4H3/t12-/m0/s1. The van der Waals surface area contributed by atoms with Crippen LogP contribution in [0.1, 0.15) is 38.9 Å². The highest BCUT2D eigenvalue weighted by atomic mass is 16.5. The summed E-state index contributed by atoms with van der Waals surface area (Å²) >= 11 is 0. The number of hydrogen-bond acceptors (Lipinski definition) is 3. The van der Waals surface area contributed by atoms with Gasteiger partial charge >= 0.3 is 0 Å². The number of hydrogen-bond donors (Lipinski definition) is 1. The second-order valence-corrected chi connectivity index (χ2v) is 6.00. The van der Waals surface area contributed by atoms with Crippen molar-refractivity contribution in [1.29, 1.82) is 0 Å². The minimum Gasteiger partial charge on any atom is -0.384 e. The second-order valence-electron chi connectivity index (χ2n) is 6.00. The molecule has 3 heterocycles. The molecule has 0 saturated carbocycles. The van der Waals surface area contributed by atoms with Crippen molar-refractivity contribution in [2.24, 2.45) is 7.05 Å². The third kappa shape index (κ3) is 2.43. The summed E-state index contributed by atoms with van der Waals surface area (Å²) in [5, 5.41) is 4.34. The number of aromatic amines is 1. The lowest BCUT2D eigenvalue weighted by molar-refractivity contribution is 0.0674. The van der Waals surface area contributed by atoms with Gasteiger partial charge in [-0.3, -0.25) is 9.48 Å². The molecule has 1 N–H and O–H groups in total. The molecule has 2 aromatic heterocycles. The summed E-state index contributed by atoms with van der Waals surface area (Å²) in [6, 6.07) is 1.92. The molecule has 6 heteroatoms. The van der Waals surface area contributed by atoms with E-state index < -0.39 is 0 Å². The lowest BCUT2D eigenvalue weighted by atomic mass is 9.95. The number of H-pyrrole nitrogens is 1. The van der Waals surface area contributed by atoms with Crippen molar-refractivity contribution in [3.8, 4) is 0 Å². The highest BCUT2D eigenvalue weighted by molar-refractivity contribution is 5.95. The normalized spacial score (nSPS) is 17.6. The van der Waals surface area contributed by atoms with Crippen LogP contribution in [0.25, 0.3) is 0 Å². The van der Waals surface area contributed by atoms with Crippen molar-refractivity contribution in [2.75, 3.05) is 20.3 Å². The monoisotopic (exact) mass is 302 g/mol. The molecule has 6 nitrogen and oxygen atoms in total. The molecular formula is C16H22N4O2. The Morgan fingerprint density at radius 1 is 1.50 bits per heavy atom. The maximum Gasteiger partial charge on any atom is 0.256 e. The molecule has 0 radical (unpaired) electrons. The SMILES string of the molecule is COC[C@@H]1CN(C(=O)c2cc(C)[nH]c2C)Cc2c1cnn2C. The van der Waals surface area contributed by atoms with Crippen LogP contribution in [0.15, 0.2) is 12.3 Å². The van der Waals surface area contributed by atoms with E-state index in [9.17, 15) is 4.79 Å². The second kappa shape index (κ2) is 5.61. The quantitative estimate of drug-likeness (QED) is 0.939. The third-order valence-electron chi connectivity index (χ3n) is 4.35. The largest absolute Gasteiger partial charge is 0.384 e. The number of amides is 1. The molecule has 0 spiro atoms. The van der Waals surface area contributed by atoms with Gasteiger partial charge in [-0.05, 0) is 19.9 Å². The molecule has 0 saturated heterocycles. The topological polar surface area (TPSA) is 63.1 Å². The van der Waals surface area contributed by atoms with E-state index in [0.717, 1.165) is 22.6 Å². The summed E-state index contributed by atoms with van der Waals surface area (Å²) in [4.78, 5) is 18.0. The Kier molecular flexibility index (Phi) is 3.78. The first-order valence-electron chi connectivity index (χ1n) is 7.46. The Morgan fingerprint density at radius 2 is 2.27 bits per heavy atom. The van der Waals surface area contributed by atoms with E-state index in [1.165, 1.54) is 5.56 Å². The van der Waals surface area contributed by atoms with Gasteiger partial charge in [0.1, 0.15) is 0 Å². The average Bonchev–Trinajstić information content (AvgIpc) is 3.01. The molecule has 118 valence electrons. The summed E-state index contributed by atoms with van der Waals surface area (Å²) in [5.41, 5.74) is 4.95. The number of carbonyl (C=O) groups excluding carboxylic acids is 1. The molecule has 0 aliphatic carbocycles. The first kappa shape index (κ1) is 14.8. The maximum atomic E-state index is 12.9. The molecule has 22 heavy (non-hydrogen) atoms. The van der Waals surface area contributed by atoms with Gasteiger partial charge in [-0.15, -0.1) is 0 Å². The summed E-state index contributed by atoms with van der Waals surface area (Å²) in [6.07, 6.45) is 1.90. The van der Waals surface area contributed by atoms with E-state index in [2.05, 4.69) is 10.1 Å². The van der Waals surface area contributed by atoms with Crippen LogP contribution >= 0.6 is 0 Å². The minimum absolute atomic E-state index is 0.0646. The van der Waals surface area contributed by atoms with E-state index in [-0.39, 0.29) is 11.8 Å². The van der Waals surface area contributed by atoms with Crippen molar-refractivity contribution in [2.45, 2.75) is 26.3 Å². The number of rotatable bonds is 3. The fraction of sp³-hybridized carbons (Fsp3) is 0.500. The fourth-order valence-electron chi connectivity index (χ4n) is 3.24. The van der Waals surface area contributed by atoms with E-state index in [0.29, 0.717) is 19.7 Å². The van der Waals surface area contributed by atoms with Gasteiger partial charge in [-0.25, -0.2) is 0 Å². The molecule has 0 aromatic carbocycles. The fourth-order valence-corrected chi connectivity index (χ4v) is 3.24. The number of carbonyl (C=O) groups is 1. The van der Waals surface area contributed by atoms with Crippen LogP contribution in [-0.2, 0) is 18.3 Å². The van der Waals surface area contributed by atoms with Crippen molar-refractivity contribution < 1.29 is 9.53 Å². The summed E-state index contributed by atoms with van der Waals surface area (Å²) in [6.45, 7) is 5.75. The van der Waals surface area contributed by atoms with Gasteiger partial charge in [0.2, 0.25) is 0 Å². The number of methoxy groups -OCH3 is 1. The first-order valence-corrected chi connectivity index (χ1v) is 7.46. The van der Waals surface area contributed by atoms with Gasteiger partial charge in [0.25, 0.3) is 5.91 Å². The van der Waals surface area contributed by atoms with Crippen molar-refractivity contribution in [3.63, 3.8) is 0 Å². The molecule has 3 rings (SSSR count). The molecule has 2 aromatic rings. The number of ether oxygens (including phenoxy) is 1. The summed E-state index contributed by atoms with van der Waals surface area (Å²) in [7, 11) is 3.61. The zero-order valence-corrected chi connectivity index (χ0v) is 13.5. The predicted molar refractivity (Wildman–Crippen MR) is 82.8 cm³/mol. The van der Waals surface area contributed by atoms with E-state index in [1.807, 2.05) is 42.7 Å². The molecule has 1 atom stereocenters. The Balaban J connectivity index is 1.91. The highest BCUT2D eigenvalue weighted by Crippen LogP contribution is 2.29. The lowest BCUT2D eigenvalue weighted by Crippen LogP contribution is -2.40. The van der Waals surface area contributed by atoms with E-state index in [4.69, 9.17) is 4.74 Å². The van der Waals surface area contributed by atoms with Crippen molar-refractivity contribution >= 4 is 5.91 Å². The number of nitrogens with one attached hydrogen (secondary N) is 1. The maximum absolute atomic E-state index is 12.9. The van der Waals surface area contributed by atoms with Gasteiger partial charge < -0.3 is 14.6 Å². The number of aromatic nitrogens is 3. The third-order valence-corrected chi connectivity index (χ3v) is 4.35. The Bertz CT molecular complexity index is 701. The van der Waals surface area contributed by atoms with Crippen LogP contribution in [0.5, 0.6) is 0 Å². The van der Waals surface area contributed by atoms with Gasteiger partial charge in [-0.1, -0.05) is 0 Å². The Morgan fingerprint density at radius 3 is 2.91 bits per heavy atom. The summed E-state index contributed by atoms with van der Waals surface area (Å²) < 4.78 is 7.18. The number of aryl methyl sites for hydroxylation is 3. The van der Waals surface area contributed by atoms with Crippen LogP contribution in [-0.4, -0.2) is 45.8 Å². The minimum atomic E-state index is 0.0646. The Hall–Kier alpha value is -2.08. The van der Waals surface area contributed by atoms with Crippen LogP contribution in [0.4, 0.5) is 0 Å². The zero-order valence-electron chi connectivity index (χ0n) is 13.5.